The van der Waals surface area contributed by atoms with Gasteiger partial charge in [0.15, 0.2) is 6.10 Å². The monoisotopic (exact) mass is 420 g/mol. The first-order valence-electron chi connectivity index (χ1n) is 9.84. The molecule has 0 unspecified atom stereocenters. The van der Waals surface area contributed by atoms with Gasteiger partial charge >= 0.3 is 0 Å². The van der Waals surface area contributed by atoms with Crippen molar-refractivity contribution in [2.75, 3.05) is 16.6 Å². The number of hydrogen-bond acceptors (Lipinski definition) is 6. The topological polar surface area (TPSA) is 59.1 Å². The van der Waals surface area contributed by atoms with Gasteiger partial charge in [-0.15, -0.1) is 11.3 Å². The Balaban J connectivity index is 1.56. The van der Waals surface area contributed by atoms with E-state index in [2.05, 4.69) is 0 Å². The van der Waals surface area contributed by atoms with Crippen molar-refractivity contribution in [2.45, 2.75) is 19.1 Å². The number of benzene rings is 2. The molecule has 0 spiro atoms. The Kier molecular flexibility index (Phi) is 4.77. The van der Waals surface area contributed by atoms with Gasteiger partial charge in [0.2, 0.25) is 5.91 Å². The molecule has 5 rings (SSSR count). The number of hydrogen-bond donors (Lipinski definition) is 0. The molecule has 2 aliphatic rings. The Hall–Kier alpha value is -3.16. The summed E-state index contributed by atoms with van der Waals surface area (Å²) >= 11 is 1.55. The van der Waals surface area contributed by atoms with E-state index < -0.39 is 12.0 Å². The SMILES string of the molecule is CCOc1ccccc1N1C(=O)[C@H]2[C@H](ON(c3ccccc3)[C@@H]2c2cccs2)C1=O. The Morgan fingerprint density at radius 2 is 1.73 bits per heavy atom. The summed E-state index contributed by atoms with van der Waals surface area (Å²) in [6.07, 6.45) is -0.875. The molecule has 2 fully saturated rings. The molecule has 2 saturated heterocycles. The van der Waals surface area contributed by atoms with Crippen LogP contribution >= 0.6 is 11.3 Å². The van der Waals surface area contributed by atoms with Gasteiger partial charge in [0.1, 0.15) is 17.7 Å². The van der Waals surface area contributed by atoms with E-state index in [0.717, 1.165) is 10.6 Å². The number of amides is 2. The number of imide groups is 1. The van der Waals surface area contributed by atoms with E-state index in [9.17, 15) is 9.59 Å². The van der Waals surface area contributed by atoms with Crippen LogP contribution in [0.5, 0.6) is 5.75 Å². The van der Waals surface area contributed by atoms with Crippen LogP contribution in [0.2, 0.25) is 0 Å². The van der Waals surface area contributed by atoms with Gasteiger partial charge in [0, 0.05) is 4.88 Å². The third kappa shape index (κ3) is 2.89. The number of ether oxygens (including phenoxy) is 1. The molecule has 2 amide bonds. The number of carbonyl (C=O) groups is 2. The predicted molar refractivity (Wildman–Crippen MR) is 114 cm³/mol. The fraction of sp³-hybridized carbons (Fsp3) is 0.217. The molecule has 0 saturated carbocycles. The summed E-state index contributed by atoms with van der Waals surface area (Å²) in [5.74, 6) is -0.758. The number of hydroxylamine groups is 1. The minimum atomic E-state index is -0.875. The summed E-state index contributed by atoms with van der Waals surface area (Å²) in [5.41, 5.74) is 1.27. The van der Waals surface area contributed by atoms with Gasteiger partial charge in [0.05, 0.1) is 18.0 Å². The zero-order valence-electron chi connectivity index (χ0n) is 16.3. The molecule has 2 aromatic carbocycles. The summed E-state index contributed by atoms with van der Waals surface area (Å²) in [7, 11) is 0. The number of anilines is 2. The van der Waals surface area contributed by atoms with E-state index in [1.54, 1.807) is 34.6 Å². The lowest BCUT2D eigenvalue weighted by Gasteiger charge is -2.28. The molecule has 3 atom stereocenters. The minimum Gasteiger partial charge on any atom is -0.492 e. The second-order valence-electron chi connectivity index (χ2n) is 7.09. The van der Waals surface area contributed by atoms with Crippen molar-refractivity contribution in [1.82, 2.24) is 0 Å². The number of fused-ring (bicyclic) bond motifs is 1. The van der Waals surface area contributed by atoms with Crippen molar-refractivity contribution >= 4 is 34.5 Å². The molecule has 2 aliphatic heterocycles. The highest BCUT2D eigenvalue weighted by Crippen LogP contribution is 2.49. The Morgan fingerprint density at radius 3 is 2.47 bits per heavy atom. The zero-order valence-corrected chi connectivity index (χ0v) is 17.1. The first kappa shape index (κ1) is 18.8. The van der Waals surface area contributed by atoms with Gasteiger partial charge in [-0.1, -0.05) is 36.4 Å². The Bertz CT molecular complexity index is 1070. The van der Waals surface area contributed by atoms with Crippen LogP contribution < -0.4 is 14.7 Å². The summed E-state index contributed by atoms with van der Waals surface area (Å²) in [5, 5.41) is 3.68. The normalized spacial score (nSPS) is 23.2. The minimum absolute atomic E-state index is 0.269. The largest absolute Gasteiger partial charge is 0.492 e. The standard InChI is InChI=1S/C23H20N2O4S/c1-2-28-17-12-7-6-11-16(17)24-22(26)19-20(18-13-8-14-30-18)25(29-21(19)23(24)27)15-9-4-3-5-10-15/h3-14,19-21H,2H2,1H3/t19-,20-,21+/m1/s1. The smallest absolute Gasteiger partial charge is 0.266 e. The Morgan fingerprint density at radius 1 is 0.967 bits per heavy atom. The number of para-hydroxylation sites is 3. The maximum absolute atomic E-state index is 13.6. The van der Waals surface area contributed by atoms with E-state index in [1.165, 1.54) is 4.90 Å². The highest BCUT2D eigenvalue weighted by atomic mass is 32.1. The molecule has 0 N–H and O–H groups in total. The number of nitrogens with zero attached hydrogens (tertiary/aromatic N) is 2. The van der Waals surface area contributed by atoms with E-state index >= 15 is 0 Å². The van der Waals surface area contributed by atoms with Gasteiger partial charge in [0.25, 0.3) is 5.91 Å². The van der Waals surface area contributed by atoms with Crippen LogP contribution in [0.15, 0.2) is 72.1 Å². The Labute approximate surface area is 178 Å². The summed E-state index contributed by atoms with van der Waals surface area (Å²) in [4.78, 5) is 35.3. The van der Waals surface area contributed by atoms with Gasteiger partial charge < -0.3 is 4.74 Å². The summed E-state index contributed by atoms with van der Waals surface area (Å²) in [6.45, 7) is 2.31. The molecule has 152 valence electrons. The van der Waals surface area contributed by atoms with Crippen LogP contribution in [0, 0.1) is 5.92 Å². The van der Waals surface area contributed by atoms with Crippen molar-refractivity contribution in [1.29, 1.82) is 0 Å². The predicted octanol–water partition coefficient (Wildman–Crippen LogP) is 4.20. The van der Waals surface area contributed by atoms with Crippen LogP contribution in [0.4, 0.5) is 11.4 Å². The molecular formula is C23H20N2O4S. The highest BCUT2D eigenvalue weighted by molar-refractivity contribution is 7.10. The van der Waals surface area contributed by atoms with Gasteiger partial charge in [-0.3, -0.25) is 14.4 Å². The lowest BCUT2D eigenvalue weighted by Crippen LogP contribution is -2.37. The number of thiophene rings is 1. The van der Waals surface area contributed by atoms with E-state index in [4.69, 9.17) is 9.57 Å². The summed E-state index contributed by atoms with van der Waals surface area (Å²) < 4.78 is 5.66. The molecule has 0 bridgehead atoms. The number of rotatable bonds is 5. The quantitative estimate of drug-likeness (QED) is 0.579. The average Bonchev–Trinajstić information content (AvgIpc) is 3.48. The van der Waals surface area contributed by atoms with Crippen LogP contribution in [-0.2, 0) is 14.4 Å². The van der Waals surface area contributed by atoms with Crippen LogP contribution in [0.1, 0.15) is 17.8 Å². The van der Waals surface area contributed by atoms with Crippen molar-refractivity contribution in [2.24, 2.45) is 5.92 Å². The molecular weight excluding hydrogens is 400 g/mol. The molecule has 3 heterocycles. The molecule has 1 aromatic heterocycles. The lowest BCUT2D eigenvalue weighted by molar-refractivity contribution is -0.126. The average molecular weight is 420 g/mol. The molecule has 7 heteroatoms. The first-order chi connectivity index (χ1) is 14.7. The van der Waals surface area contributed by atoms with Gasteiger partial charge in [-0.2, -0.15) is 0 Å². The summed E-state index contributed by atoms with van der Waals surface area (Å²) in [6, 6.07) is 20.2. The van der Waals surface area contributed by atoms with Crippen molar-refractivity contribution in [3.8, 4) is 5.75 Å². The maximum atomic E-state index is 13.6. The van der Waals surface area contributed by atoms with Crippen LogP contribution in [0.25, 0.3) is 0 Å². The molecule has 3 aromatic rings. The van der Waals surface area contributed by atoms with Crippen LogP contribution in [-0.4, -0.2) is 24.5 Å². The maximum Gasteiger partial charge on any atom is 0.266 e. The molecule has 0 aliphatic carbocycles. The second-order valence-corrected chi connectivity index (χ2v) is 8.07. The van der Waals surface area contributed by atoms with E-state index in [1.807, 2.05) is 60.8 Å². The lowest BCUT2D eigenvalue weighted by atomic mass is 9.95. The van der Waals surface area contributed by atoms with E-state index in [-0.39, 0.29) is 17.9 Å². The van der Waals surface area contributed by atoms with Crippen molar-refractivity contribution < 1.29 is 19.2 Å². The van der Waals surface area contributed by atoms with E-state index in [0.29, 0.717) is 18.0 Å². The number of carbonyl (C=O) groups excluding carboxylic acids is 2. The molecule has 30 heavy (non-hydrogen) atoms. The van der Waals surface area contributed by atoms with Crippen molar-refractivity contribution in [3.63, 3.8) is 0 Å². The third-order valence-corrected chi connectivity index (χ3v) is 6.31. The molecule has 6 nitrogen and oxygen atoms in total. The first-order valence-corrected chi connectivity index (χ1v) is 10.7. The van der Waals surface area contributed by atoms with Gasteiger partial charge in [-0.05, 0) is 42.6 Å². The van der Waals surface area contributed by atoms with Crippen LogP contribution in [0.3, 0.4) is 0 Å². The second kappa shape index (κ2) is 7.59. The van der Waals surface area contributed by atoms with Gasteiger partial charge in [-0.25, -0.2) is 9.96 Å². The van der Waals surface area contributed by atoms with Crippen molar-refractivity contribution in [3.05, 3.63) is 77.0 Å². The third-order valence-electron chi connectivity index (χ3n) is 5.37. The fourth-order valence-electron chi connectivity index (χ4n) is 4.12. The molecule has 0 radical (unpaired) electrons. The zero-order chi connectivity index (χ0) is 20.7. The fourth-order valence-corrected chi connectivity index (χ4v) is 4.97. The highest BCUT2D eigenvalue weighted by Gasteiger charge is 2.60.